The van der Waals surface area contributed by atoms with Crippen molar-refractivity contribution >= 4 is 5.78 Å². The maximum atomic E-state index is 11.9. The summed E-state index contributed by atoms with van der Waals surface area (Å²) < 4.78 is 6.39. The molecule has 4 rings (SSSR count). The van der Waals surface area contributed by atoms with E-state index in [1.54, 1.807) is 0 Å². The molecule has 2 bridgehead atoms. The molecule has 0 aromatic heterocycles. The van der Waals surface area contributed by atoms with E-state index in [0.29, 0.717) is 12.8 Å². The topological polar surface area (TPSA) is 46.5 Å². The van der Waals surface area contributed by atoms with Crippen molar-refractivity contribution in [3.8, 4) is 0 Å². The molecule has 0 amide bonds. The molecule has 18 heavy (non-hydrogen) atoms. The fraction of sp³-hybridized carbons (Fsp3) is 0.800. The zero-order valence-electron chi connectivity index (χ0n) is 10.8. The first kappa shape index (κ1) is 11.2. The summed E-state index contributed by atoms with van der Waals surface area (Å²) in [5.74, 6) is 0.448. The van der Waals surface area contributed by atoms with Crippen molar-refractivity contribution in [1.82, 2.24) is 0 Å². The van der Waals surface area contributed by atoms with Gasteiger partial charge in [0.1, 0.15) is 17.0 Å². The molecule has 4 aliphatic rings. The molecule has 2 heterocycles. The van der Waals surface area contributed by atoms with Gasteiger partial charge in [0, 0.05) is 18.8 Å². The van der Waals surface area contributed by atoms with Gasteiger partial charge < -0.3 is 9.84 Å². The van der Waals surface area contributed by atoms with Crippen molar-refractivity contribution in [2.45, 2.75) is 62.3 Å². The van der Waals surface area contributed by atoms with Gasteiger partial charge in [-0.3, -0.25) is 4.79 Å². The van der Waals surface area contributed by atoms with Gasteiger partial charge in [-0.1, -0.05) is 25.5 Å². The van der Waals surface area contributed by atoms with Crippen molar-refractivity contribution < 1.29 is 14.6 Å². The van der Waals surface area contributed by atoms with Crippen LogP contribution in [-0.2, 0) is 9.53 Å². The number of rotatable bonds is 0. The Morgan fingerprint density at radius 3 is 3.17 bits per heavy atom. The Morgan fingerprint density at radius 1 is 1.50 bits per heavy atom. The van der Waals surface area contributed by atoms with E-state index < -0.39 is 11.2 Å². The zero-order chi connectivity index (χ0) is 12.6. The fourth-order valence-corrected chi connectivity index (χ4v) is 5.29. The Kier molecular flexibility index (Phi) is 1.91. The summed E-state index contributed by atoms with van der Waals surface area (Å²) in [5, 5.41) is 11.4. The molecule has 98 valence electrons. The average Bonchev–Trinajstić information content (AvgIpc) is 2.74. The highest BCUT2D eigenvalue weighted by Crippen LogP contribution is 2.66. The number of Topliss-reactive ketones (excluding diaryl/α,β-unsaturated/α-hetero) is 1. The van der Waals surface area contributed by atoms with E-state index in [0.717, 1.165) is 25.7 Å². The summed E-state index contributed by atoms with van der Waals surface area (Å²) in [6.07, 6.45) is 9.12. The summed E-state index contributed by atoms with van der Waals surface area (Å²) in [4.78, 5) is 11.9. The number of hydrogen-bond acceptors (Lipinski definition) is 3. The Hall–Kier alpha value is -0.670. The highest BCUT2D eigenvalue weighted by atomic mass is 16.6. The lowest BCUT2D eigenvalue weighted by Gasteiger charge is -2.48. The van der Waals surface area contributed by atoms with Crippen LogP contribution in [0, 0.1) is 11.8 Å². The maximum absolute atomic E-state index is 11.9. The molecule has 5 atom stereocenters. The van der Waals surface area contributed by atoms with Crippen molar-refractivity contribution in [2.75, 3.05) is 0 Å². The minimum Gasteiger partial charge on any atom is -0.386 e. The number of ether oxygens (including phenoxy) is 1. The Labute approximate surface area is 107 Å². The van der Waals surface area contributed by atoms with Gasteiger partial charge in [-0.2, -0.15) is 0 Å². The summed E-state index contributed by atoms with van der Waals surface area (Å²) in [6.45, 7) is 2.02. The monoisotopic (exact) mass is 248 g/mol. The summed E-state index contributed by atoms with van der Waals surface area (Å²) in [7, 11) is 0. The molecule has 0 unspecified atom stereocenters. The number of carbonyl (C=O) groups excluding carboxylic acids is 1. The van der Waals surface area contributed by atoms with Crippen molar-refractivity contribution in [3.05, 3.63) is 12.2 Å². The predicted octanol–water partition coefficient (Wildman–Crippen LogP) is 1.98. The second-order valence-corrected chi connectivity index (χ2v) is 6.75. The highest BCUT2D eigenvalue weighted by Gasteiger charge is 2.74. The number of ketones is 1. The van der Waals surface area contributed by atoms with Gasteiger partial charge in [0.2, 0.25) is 0 Å². The van der Waals surface area contributed by atoms with Crippen LogP contribution in [0.3, 0.4) is 0 Å². The molecule has 2 spiro atoms. The third-order valence-corrected chi connectivity index (χ3v) is 5.92. The van der Waals surface area contributed by atoms with Gasteiger partial charge in [0.05, 0.1) is 5.60 Å². The quantitative estimate of drug-likeness (QED) is 0.667. The Balaban J connectivity index is 1.92. The minimum absolute atomic E-state index is 0.00600. The minimum atomic E-state index is -0.829. The van der Waals surface area contributed by atoms with Gasteiger partial charge in [-0.15, -0.1) is 0 Å². The molecule has 0 aromatic carbocycles. The molecule has 1 N–H and O–H groups in total. The number of carbonyl (C=O) groups is 1. The molecular formula is C15H20O3. The van der Waals surface area contributed by atoms with Crippen LogP contribution in [0.4, 0.5) is 0 Å². The first-order valence-corrected chi connectivity index (χ1v) is 7.14. The smallest absolute Gasteiger partial charge is 0.136 e. The molecule has 2 aliphatic heterocycles. The number of hydrogen-bond donors (Lipinski definition) is 1. The van der Waals surface area contributed by atoms with Gasteiger partial charge in [0.25, 0.3) is 0 Å². The van der Waals surface area contributed by atoms with E-state index in [4.69, 9.17) is 4.74 Å². The van der Waals surface area contributed by atoms with E-state index in [-0.39, 0.29) is 23.2 Å². The lowest BCUT2D eigenvalue weighted by Crippen LogP contribution is -2.61. The molecule has 1 saturated heterocycles. The van der Waals surface area contributed by atoms with Crippen molar-refractivity contribution in [2.24, 2.45) is 11.8 Å². The van der Waals surface area contributed by atoms with E-state index in [1.807, 2.05) is 13.0 Å². The zero-order valence-corrected chi connectivity index (χ0v) is 10.8. The first-order valence-electron chi connectivity index (χ1n) is 7.14. The third-order valence-electron chi connectivity index (χ3n) is 5.92. The van der Waals surface area contributed by atoms with Crippen molar-refractivity contribution in [3.63, 3.8) is 0 Å². The number of aliphatic hydroxyl groups is 1. The molecule has 2 saturated carbocycles. The van der Waals surface area contributed by atoms with Crippen LogP contribution in [0.25, 0.3) is 0 Å². The van der Waals surface area contributed by atoms with Gasteiger partial charge >= 0.3 is 0 Å². The highest BCUT2D eigenvalue weighted by molar-refractivity contribution is 5.82. The van der Waals surface area contributed by atoms with Crippen LogP contribution in [-0.4, -0.2) is 27.7 Å². The average molecular weight is 248 g/mol. The van der Waals surface area contributed by atoms with Crippen LogP contribution >= 0.6 is 0 Å². The van der Waals surface area contributed by atoms with Crippen LogP contribution in [0.15, 0.2) is 12.2 Å². The van der Waals surface area contributed by atoms with Crippen LogP contribution in [0.2, 0.25) is 0 Å². The van der Waals surface area contributed by atoms with E-state index in [2.05, 4.69) is 6.08 Å². The lowest BCUT2D eigenvalue weighted by molar-refractivity contribution is -0.178. The van der Waals surface area contributed by atoms with Crippen LogP contribution < -0.4 is 0 Å². The van der Waals surface area contributed by atoms with Gasteiger partial charge in [0.15, 0.2) is 0 Å². The fourth-order valence-electron chi connectivity index (χ4n) is 5.29. The van der Waals surface area contributed by atoms with Gasteiger partial charge in [-0.25, -0.2) is 0 Å². The number of fused-ring (bicyclic) bond motifs is 1. The summed E-state index contributed by atoms with van der Waals surface area (Å²) in [5.41, 5.74) is -1.72. The predicted molar refractivity (Wildman–Crippen MR) is 66.0 cm³/mol. The van der Waals surface area contributed by atoms with Crippen LogP contribution in [0.1, 0.15) is 45.4 Å². The molecule has 3 nitrogen and oxygen atoms in total. The van der Waals surface area contributed by atoms with E-state index >= 15 is 0 Å². The largest absolute Gasteiger partial charge is 0.386 e. The SMILES string of the molecule is C[C@H]1CC(=O)C[C@@]23C=CC[C@]4(CCC[C@@H]4[C@]12O)O3. The lowest BCUT2D eigenvalue weighted by atomic mass is 9.60. The Morgan fingerprint density at radius 2 is 2.33 bits per heavy atom. The second-order valence-electron chi connectivity index (χ2n) is 6.75. The molecular weight excluding hydrogens is 228 g/mol. The molecule has 3 fully saturated rings. The Bertz CT molecular complexity index is 457. The molecule has 0 radical (unpaired) electrons. The standard InChI is InChI=1S/C15H20O3/c1-10-8-11(16)9-14-7-3-6-13(18-14)5-2-4-12(13)15(10,14)17/h3,7,10,12,17H,2,4-6,8-9H2,1H3/t10-,12-,13-,14-,15+/m0/s1. The maximum Gasteiger partial charge on any atom is 0.136 e. The van der Waals surface area contributed by atoms with Gasteiger partial charge in [-0.05, 0) is 25.2 Å². The van der Waals surface area contributed by atoms with Crippen LogP contribution in [0.5, 0.6) is 0 Å². The summed E-state index contributed by atoms with van der Waals surface area (Å²) in [6, 6.07) is 0. The van der Waals surface area contributed by atoms with Crippen molar-refractivity contribution in [1.29, 1.82) is 0 Å². The first-order chi connectivity index (χ1) is 8.53. The molecule has 2 aliphatic carbocycles. The summed E-state index contributed by atoms with van der Waals surface area (Å²) >= 11 is 0. The third kappa shape index (κ3) is 0.992. The second kappa shape index (κ2) is 3.07. The molecule has 3 heteroatoms. The normalized spacial score (nSPS) is 57.6. The van der Waals surface area contributed by atoms with E-state index in [9.17, 15) is 9.90 Å². The molecule has 0 aromatic rings. The van der Waals surface area contributed by atoms with E-state index in [1.165, 1.54) is 0 Å².